The van der Waals surface area contributed by atoms with Gasteiger partial charge < -0.3 is 4.74 Å². The molecule has 1 atom stereocenters. The molecule has 0 saturated heterocycles. The molecule has 0 aliphatic carbocycles. The van der Waals surface area contributed by atoms with Crippen LogP contribution in [0.25, 0.3) is 11.3 Å². The summed E-state index contributed by atoms with van der Waals surface area (Å²) in [5.41, 5.74) is 1.39. The maximum Gasteiger partial charge on any atom is 0.266 e. The molecule has 0 unspecified atom stereocenters. The van der Waals surface area contributed by atoms with Gasteiger partial charge in [0.05, 0.1) is 10.6 Å². The summed E-state index contributed by atoms with van der Waals surface area (Å²) >= 11 is 6.99. The van der Waals surface area contributed by atoms with E-state index >= 15 is 0 Å². The van der Waals surface area contributed by atoms with E-state index in [1.807, 2.05) is 30.3 Å². The Morgan fingerprint density at radius 2 is 1.78 bits per heavy atom. The van der Waals surface area contributed by atoms with Crippen LogP contribution in [0.5, 0.6) is 5.75 Å². The molecule has 0 radical (unpaired) electrons. The molecule has 1 aromatic heterocycles. The first kappa shape index (κ1) is 19.1. The van der Waals surface area contributed by atoms with Gasteiger partial charge in [0.2, 0.25) is 0 Å². The quantitative estimate of drug-likeness (QED) is 0.586. The zero-order valence-corrected chi connectivity index (χ0v) is 16.3. The molecule has 0 aliphatic heterocycles. The number of carbonyl (C=O) groups excluding carboxylic acids is 2. The first-order valence-corrected chi connectivity index (χ1v) is 9.44. The molecule has 0 spiro atoms. The summed E-state index contributed by atoms with van der Waals surface area (Å²) in [7, 11) is 0. The zero-order chi connectivity index (χ0) is 19.4. The number of hydrogen-bond donors (Lipinski definition) is 1. The number of amides is 1. The van der Waals surface area contributed by atoms with Crippen molar-refractivity contribution in [1.29, 1.82) is 0 Å². The number of thiazole rings is 1. The van der Waals surface area contributed by atoms with Crippen molar-refractivity contribution >= 4 is 39.8 Å². The number of ketones is 1. The van der Waals surface area contributed by atoms with Gasteiger partial charge in [-0.2, -0.15) is 0 Å². The highest BCUT2D eigenvalue weighted by Crippen LogP contribution is 2.31. The molecule has 2 aromatic carbocycles. The van der Waals surface area contributed by atoms with Gasteiger partial charge in [-0.25, -0.2) is 4.98 Å². The average molecular weight is 401 g/mol. The highest BCUT2D eigenvalue weighted by atomic mass is 35.5. The molecule has 0 aliphatic rings. The number of anilines is 1. The van der Waals surface area contributed by atoms with Crippen LogP contribution in [-0.4, -0.2) is 22.8 Å². The Balaban J connectivity index is 1.75. The van der Waals surface area contributed by atoms with E-state index in [1.165, 1.54) is 6.92 Å². The van der Waals surface area contributed by atoms with Gasteiger partial charge in [-0.05, 0) is 31.2 Å². The van der Waals surface area contributed by atoms with Crippen LogP contribution in [-0.2, 0) is 4.79 Å². The fourth-order valence-electron chi connectivity index (χ4n) is 2.38. The maximum atomic E-state index is 12.4. The minimum Gasteiger partial charge on any atom is -0.481 e. The summed E-state index contributed by atoms with van der Waals surface area (Å²) in [6, 6.07) is 16.1. The van der Waals surface area contributed by atoms with Crippen LogP contribution < -0.4 is 10.1 Å². The van der Waals surface area contributed by atoms with Gasteiger partial charge >= 0.3 is 0 Å². The summed E-state index contributed by atoms with van der Waals surface area (Å²) in [6.45, 7) is 3.12. The average Bonchev–Trinajstić information content (AvgIpc) is 3.08. The van der Waals surface area contributed by atoms with Crippen LogP contribution >= 0.6 is 22.9 Å². The third-order valence-corrected chi connectivity index (χ3v) is 5.04. The van der Waals surface area contributed by atoms with Gasteiger partial charge in [0, 0.05) is 17.5 Å². The van der Waals surface area contributed by atoms with Crippen molar-refractivity contribution in [3.63, 3.8) is 0 Å². The predicted molar refractivity (Wildman–Crippen MR) is 108 cm³/mol. The first-order valence-electron chi connectivity index (χ1n) is 8.24. The fraction of sp³-hybridized carbons (Fsp3) is 0.150. The minimum atomic E-state index is -0.740. The number of nitrogens with one attached hydrogen (secondary N) is 1. The molecule has 138 valence electrons. The standard InChI is InChI=1S/C20H17ClN2O3S/c1-12(24)18-17(14-6-4-3-5-7-14)22-20(27-18)23-19(25)13(2)26-16-10-8-15(21)9-11-16/h3-11,13H,1-2H3,(H,22,23,25)/t13-/m1/s1. The van der Waals surface area contributed by atoms with E-state index in [2.05, 4.69) is 10.3 Å². The Hall–Kier alpha value is -2.70. The molecule has 5 nitrogen and oxygen atoms in total. The highest BCUT2D eigenvalue weighted by molar-refractivity contribution is 7.18. The van der Waals surface area contributed by atoms with E-state index in [0.29, 0.717) is 26.5 Å². The largest absolute Gasteiger partial charge is 0.481 e. The molecule has 3 rings (SSSR count). The Morgan fingerprint density at radius 1 is 1.11 bits per heavy atom. The third-order valence-electron chi connectivity index (χ3n) is 3.72. The van der Waals surface area contributed by atoms with E-state index < -0.39 is 6.10 Å². The van der Waals surface area contributed by atoms with Gasteiger partial charge in [-0.3, -0.25) is 14.9 Å². The van der Waals surface area contributed by atoms with E-state index in [4.69, 9.17) is 16.3 Å². The van der Waals surface area contributed by atoms with Crippen LogP contribution in [0.4, 0.5) is 5.13 Å². The number of Topliss-reactive ketones (excluding diaryl/α,β-unsaturated/α-hetero) is 1. The number of aromatic nitrogens is 1. The minimum absolute atomic E-state index is 0.0997. The van der Waals surface area contributed by atoms with E-state index in [9.17, 15) is 9.59 Å². The lowest BCUT2D eigenvalue weighted by Crippen LogP contribution is -2.30. The normalized spacial score (nSPS) is 11.7. The van der Waals surface area contributed by atoms with Crippen LogP contribution in [0.15, 0.2) is 54.6 Å². The second kappa shape index (κ2) is 8.33. The summed E-state index contributed by atoms with van der Waals surface area (Å²) in [4.78, 5) is 29.3. The number of hydrogen-bond acceptors (Lipinski definition) is 5. The van der Waals surface area contributed by atoms with Crippen molar-refractivity contribution in [3.05, 3.63) is 64.5 Å². The Bertz CT molecular complexity index is 955. The molecule has 27 heavy (non-hydrogen) atoms. The Kier molecular flexibility index (Phi) is 5.88. The topological polar surface area (TPSA) is 68.3 Å². The number of carbonyl (C=O) groups is 2. The molecule has 1 N–H and O–H groups in total. The Labute approximate surface area is 166 Å². The molecule has 7 heteroatoms. The van der Waals surface area contributed by atoms with E-state index in [0.717, 1.165) is 16.9 Å². The molecule has 0 fully saturated rings. The van der Waals surface area contributed by atoms with Gasteiger partial charge in [0.25, 0.3) is 5.91 Å². The van der Waals surface area contributed by atoms with Gasteiger partial charge in [0.1, 0.15) is 5.75 Å². The maximum absolute atomic E-state index is 12.4. The number of rotatable bonds is 6. The van der Waals surface area contributed by atoms with Crippen molar-refractivity contribution in [1.82, 2.24) is 4.98 Å². The van der Waals surface area contributed by atoms with Crippen molar-refractivity contribution in [2.75, 3.05) is 5.32 Å². The number of ether oxygens (including phenoxy) is 1. The van der Waals surface area contributed by atoms with E-state index in [-0.39, 0.29) is 11.7 Å². The number of benzene rings is 2. The van der Waals surface area contributed by atoms with Crippen LogP contribution in [0.3, 0.4) is 0 Å². The van der Waals surface area contributed by atoms with Crippen molar-refractivity contribution in [2.45, 2.75) is 20.0 Å². The monoisotopic (exact) mass is 400 g/mol. The van der Waals surface area contributed by atoms with Gasteiger partial charge in [0.15, 0.2) is 17.0 Å². The predicted octanol–water partition coefficient (Wildman–Crippen LogP) is 5.07. The van der Waals surface area contributed by atoms with Gasteiger partial charge in [-0.15, -0.1) is 0 Å². The lowest BCUT2D eigenvalue weighted by molar-refractivity contribution is -0.122. The van der Waals surface area contributed by atoms with Crippen LogP contribution in [0, 0.1) is 0 Å². The van der Waals surface area contributed by atoms with Crippen molar-refractivity contribution in [3.8, 4) is 17.0 Å². The second-order valence-electron chi connectivity index (χ2n) is 5.82. The highest BCUT2D eigenvalue weighted by Gasteiger charge is 2.20. The summed E-state index contributed by atoms with van der Waals surface area (Å²) < 4.78 is 5.61. The smallest absolute Gasteiger partial charge is 0.266 e. The summed E-state index contributed by atoms with van der Waals surface area (Å²) in [6.07, 6.45) is -0.740. The molecule has 3 aromatic rings. The lowest BCUT2D eigenvalue weighted by atomic mass is 10.1. The van der Waals surface area contributed by atoms with Crippen LogP contribution in [0.1, 0.15) is 23.5 Å². The molecule has 1 heterocycles. The fourth-order valence-corrected chi connectivity index (χ4v) is 3.39. The summed E-state index contributed by atoms with van der Waals surface area (Å²) in [5, 5.41) is 3.67. The lowest BCUT2D eigenvalue weighted by Gasteiger charge is -2.13. The molecule has 0 bridgehead atoms. The Morgan fingerprint density at radius 3 is 2.41 bits per heavy atom. The number of nitrogens with zero attached hydrogens (tertiary/aromatic N) is 1. The van der Waals surface area contributed by atoms with E-state index in [1.54, 1.807) is 31.2 Å². The zero-order valence-electron chi connectivity index (χ0n) is 14.7. The molecule has 1 amide bonds. The van der Waals surface area contributed by atoms with Crippen LogP contribution in [0.2, 0.25) is 5.02 Å². The van der Waals surface area contributed by atoms with Crippen molar-refractivity contribution in [2.24, 2.45) is 0 Å². The van der Waals surface area contributed by atoms with Crippen molar-refractivity contribution < 1.29 is 14.3 Å². The second-order valence-corrected chi connectivity index (χ2v) is 7.26. The number of halogens is 1. The third kappa shape index (κ3) is 4.72. The SMILES string of the molecule is CC(=O)c1sc(NC(=O)[C@@H](C)Oc2ccc(Cl)cc2)nc1-c1ccccc1. The molecular formula is C20H17ClN2O3S. The summed E-state index contributed by atoms with van der Waals surface area (Å²) in [5.74, 6) is 0.0846. The van der Waals surface area contributed by atoms with Gasteiger partial charge in [-0.1, -0.05) is 53.3 Å². The molecule has 0 saturated carbocycles. The first-order chi connectivity index (χ1) is 12.9. The molecular weight excluding hydrogens is 384 g/mol.